The summed E-state index contributed by atoms with van der Waals surface area (Å²) in [6, 6.07) is 0. The molecule has 3 N–H and O–H groups in total. The number of aliphatic hydroxyl groups excluding tert-OH is 1. The van der Waals surface area contributed by atoms with Gasteiger partial charge in [0.2, 0.25) is 0 Å². The highest BCUT2D eigenvalue weighted by Crippen LogP contribution is 2.45. The van der Waals surface area contributed by atoms with Gasteiger partial charge in [0.15, 0.2) is 12.2 Å². The Kier molecular flexibility index (Phi) is 61.1. The number of carbonyl (C=O) groups is 4. The Labute approximate surface area is 537 Å². The largest absolute Gasteiger partial charge is 0.472 e. The Bertz CT molecular complexity index is 1710. The number of esters is 4. The van der Waals surface area contributed by atoms with Crippen molar-refractivity contribution in [2.75, 3.05) is 39.6 Å². The number of carbonyl (C=O) groups excluding carboxylic acids is 4. The van der Waals surface area contributed by atoms with E-state index in [1.165, 1.54) is 167 Å². The summed E-state index contributed by atoms with van der Waals surface area (Å²) in [5.41, 5.74) is 0. The zero-order valence-corrected chi connectivity index (χ0v) is 58.6. The van der Waals surface area contributed by atoms with Gasteiger partial charge in [0.1, 0.15) is 19.3 Å². The number of phosphoric acid groups is 2. The van der Waals surface area contributed by atoms with Gasteiger partial charge in [0, 0.05) is 25.7 Å². The first kappa shape index (κ1) is 86.1. The first-order valence-electron chi connectivity index (χ1n) is 36.2. The SMILES string of the molecule is CCCCCCCCCCCCCCCCCCC(=O)O[C@H](COC(=O)CCCCCCCCCCCCC(C)CC)COP(=O)(O)OC[C@@H](O)COP(=O)(O)OC[C@@H](COC(=O)CCCCCCCCC)OC(=O)CCCCCCCCCCCCC. The third kappa shape index (κ3) is 61.6. The van der Waals surface area contributed by atoms with Crippen molar-refractivity contribution in [3.63, 3.8) is 0 Å². The Morgan fingerprint density at radius 3 is 0.807 bits per heavy atom. The summed E-state index contributed by atoms with van der Waals surface area (Å²) >= 11 is 0. The number of phosphoric ester groups is 2. The lowest BCUT2D eigenvalue weighted by atomic mass is 9.99. The van der Waals surface area contributed by atoms with Crippen molar-refractivity contribution >= 4 is 39.5 Å². The minimum atomic E-state index is -4.95. The van der Waals surface area contributed by atoms with E-state index >= 15 is 0 Å². The highest BCUT2D eigenvalue weighted by atomic mass is 31.2. The maximum atomic E-state index is 13.0. The monoisotopic (exact) mass is 1300 g/mol. The van der Waals surface area contributed by atoms with E-state index in [1.54, 1.807) is 0 Å². The Morgan fingerprint density at radius 2 is 0.545 bits per heavy atom. The van der Waals surface area contributed by atoms with Crippen molar-refractivity contribution in [3.05, 3.63) is 0 Å². The van der Waals surface area contributed by atoms with Crippen LogP contribution < -0.4 is 0 Å². The molecule has 17 nitrogen and oxygen atoms in total. The molecule has 0 aliphatic heterocycles. The van der Waals surface area contributed by atoms with E-state index in [4.69, 9.17) is 37.0 Å². The summed E-state index contributed by atoms with van der Waals surface area (Å²) < 4.78 is 68.1. The molecule has 0 aromatic rings. The van der Waals surface area contributed by atoms with Gasteiger partial charge in [-0.1, -0.05) is 304 Å². The van der Waals surface area contributed by atoms with Crippen LogP contribution in [0, 0.1) is 5.92 Å². The molecule has 88 heavy (non-hydrogen) atoms. The van der Waals surface area contributed by atoms with Gasteiger partial charge in [-0.25, -0.2) is 9.13 Å². The molecule has 0 saturated heterocycles. The van der Waals surface area contributed by atoms with Gasteiger partial charge >= 0.3 is 39.5 Å². The number of ether oxygens (including phenoxy) is 4. The van der Waals surface area contributed by atoms with Crippen LogP contribution in [0.3, 0.4) is 0 Å². The average Bonchev–Trinajstić information content (AvgIpc) is 3.56. The quantitative estimate of drug-likeness (QED) is 0.0222. The lowest BCUT2D eigenvalue weighted by Crippen LogP contribution is -2.30. The molecule has 0 aliphatic rings. The Balaban J connectivity index is 5.21. The van der Waals surface area contributed by atoms with Crippen LogP contribution in [-0.2, 0) is 65.4 Å². The third-order valence-electron chi connectivity index (χ3n) is 16.4. The Morgan fingerprint density at radius 1 is 0.318 bits per heavy atom. The molecule has 0 aliphatic carbocycles. The van der Waals surface area contributed by atoms with Crippen LogP contribution in [0.15, 0.2) is 0 Å². The fourth-order valence-corrected chi connectivity index (χ4v) is 12.0. The predicted octanol–water partition coefficient (Wildman–Crippen LogP) is 19.7. The molecule has 0 fully saturated rings. The summed E-state index contributed by atoms with van der Waals surface area (Å²) in [5, 5.41) is 10.6. The van der Waals surface area contributed by atoms with Gasteiger partial charge < -0.3 is 33.8 Å². The highest BCUT2D eigenvalue weighted by molar-refractivity contribution is 7.47. The summed E-state index contributed by atoms with van der Waals surface area (Å²) in [6.45, 7) is 7.23. The molecule has 0 heterocycles. The number of unbranched alkanes of at least 4 members (excludes halogenated alkanes) is 40. The van der Waals surface area contributed by atoms with Gasteiger partial charge in [-0.05, 0) is 31.6 Å². The van der Waals surface area contributed by atoms with Gasteiger partial charge in [-0.15, -0.1) is 0 Å². The van der Waals surface area contributed by atoms with E-state index in [-0.39, 0.29) is 25.7 Å². The molecule has 0 saturated carbocycles. The molecule has 6 atom stereocenters. The van der Waals surface area contributed by atoms with Crippen molar-refractivity contribution < 1.29 is 80.2 Å². The number of hydrogen-bond acceptors (Lipinski definition) is 15. The zero-order valence-electron chi connectivity index (χ0n) is 56.9. The second-order valence-corrected chi connectivity index (χ2v) is 28.1. The smallest absolute Gasteiger partial charge is 0.462 e. The maximum absolute atomic E-state index is 13.0. The van der Waals surface area contributed by atoms with Crippen LogP contribution in [-0.4, -0.2) is 96.7 Å². The van der Waals surface area contributed by atoms with Crippen molar-refractivity contribution in [2.45, 2.75) is 374 Å². The standard InChI is InChI=1S/C69H134O17P2/c1-6-10-13-16-19-21-23-24-25-26-27-29-35-40-45-50-55-69(74)86-65(59-80-67(72)53-48-43-38-33-31-30-32-37-41-46-51-62(5)9-4)61-84-88(77,78)82-57-63(70)56-81-87(75,76)83-60-64(58-79-66(71)52-47-42-36-18-15-12-8-3)85-68(73)54-49-44-39-34-28-22-20-17-14-11-7-2/h62-65,70H,6-61H2,1-5H3,(H,75,76)(H,77,78)/t62?,63-,64+,65+/m0/s1. The average molecular weight is 1300 g/mol. The molecule has 19 heteroatoms. The van der Waals surface area contributed by atoms with Gasteiger partial charge in [0.05, 0.1) is 26.4 Å². The zero-order chi connectivity index (χ0) is 64.9. The molecule has 3 unspecified atom stereocenters. The first-order valence-corrected chi connectivity index (χ1v) is 39.2. The second kappa shape index (κ2) is 62.5. The van der Waals surface area contributed by atoms with Crippen LogP contribution in [0.2, 0.25) is 0 Å². The summed E-state index contributed by atoms with van der Waals surface area (Å²) in [4.78, 5) is 72.4. The molecule has 522 valence electrons. The van der Waals surface area contributed by atoms with Crippen molar-refractivity contribution in [2.24, 2.45) is 5.92 Å². The molecule has 0 spiro atoms. The molecule has 0 radical (unpaired) electrons. The molecule has 0 bridgehead atoms. The fraction of sp³-hybridized carbons (Fsp3) is 0.942. The normalized spacial score (nSPS) is 14.4. The van der Waals surface area contributed by atoms with E-state index in [0.717, 1.165) is 109 Å². The maximum Gasteiger partial charge on any atom is 0.472 e. The molecule has 0 aromatic heterocycles. The van der Waals surface area contributed by atoms with Crippen LogP contribution in [0.25, 0.3) is 0 Å². The molecular weight excluding hydrogens is 1160 g/mol. The van der Waals surface area contributed by atoms with Crippen molar-refractivity contribution in [1.82, 2.24) is 0 Å². The van der Waals surface area contributed by atoms with Crippen molar-refractivity contribution in [1.29, 1.82) is 0 Å². The minimum absolute atomic E-state index is 0.107. The van der Waals surface area contributed by atoms with Crippen LogP contribution in [0.5, 0.6) is 0 Å². The van der Waals surface area contributed by atoms with E-state index < -0.39 is 97.5 Å². The topological polar surface area (TPSA) is 237 Å². The van der Waals surface area contributed by atoms with E-state index in [2.05, 4.69) is 34.6 Å². The summed E-state index contributed by atoms with van der Waals surface area (Å²) in [7, 11) is -9.89. The van der Waals surface area contributed by atoms with Crippen LogP contribution in [0.1, 0.15) is 356 Å². The third-order valence-corrected chi connectivity index (χ3v) is 18.3. The molecule has 0 amide bonds. The highest BCUT2D eigenvalue weighted by Gasteiger charge is 2.30. The first-order chi connectivity index (χ1) is 42.6. The van der Waals surface area contributed by atoms with Gasteiger partial charge in [-0.2, -0.15) is 0 Å². The molecule has 0 rings (SSSR count). The van der Waals surface area contributed by atoms with Crippen LogP contribution >= 0.6 is 15.6 Å². The van der Waals surface area contributed by atoms with E-state index in [9.17, 15) is 43.2 Å². The van der Waals surface area contributed by atoms with Crippen LogP contribution in [0.4, 0.5) is 0 Å². The van der Waals surface area contributed by atoms with E-state index in [0.29, 0.717) is 25.7 Å². The fourth-order valence-electron chi connectivity index (χ4n) is 10.4. The van der Waals surface area contributed by atoms with Crippen molar-refractivity contribution in [3.8, 4) is 0 Å². The lowest BCUT2D eigenvalue weighted by Gasteiger charge is -2.21. The number of aliphatic hydroxyl groups is 1. The van der Waals surface area contributed by atoms with Gasteiger partial charge in [0.25, 0.3) is 0 Å². The minimum Gasteiger partial charge on any atom is -0.462 e. The second-order valence-electron chi connectivity index (χ2n) is 25.2. The number of hydrogen-bond donors (Lipinski definition) is 3. The molecular formula is C69H134O17P2. The van der Waals surface area contributed by atoms with E-state index in [1.807, 2.05) is 0 Å². The van der Waals surface area contributed by atoms with Gasteiger partial charge in [-0.3, -0.25) is 37.3 Å². The predicted molar refractivity (Wildman–Crippen MR) is 354 cm³/mol. The summed E-state index contributed by atoms with van der Waals surface area (Å²) in [6.07, 6.45) is 48.5. The Hall–Kier alpha value is -1.94. The lowest BCUT2D eigenvalue weighted by molar-refractivity contribution is -0.161. The number of rotatable bonds is 69. The summed E-state index contributed by atoms with van der Waals surface area (Å²) in [5.74, 6) is -1.32. The molecule has 0 aromatic carbocycles.